The average molecular weight is 319 g/mol. The summed E-state index contributed by atoms with van der Waals surface area (Å²) in [6.45, 7) is 3.22. The molecule has 2 rings (SSSR count). The Labute approximate surface area is 121 Å². The van der Waals surface area contributed by atoms with E-state index in [1.807, 2.05) is 0 Å². The Hall–Kier alpha value is -0.960. The van der Waals surface area contributed by atoms with Gasteiger partial charge in [0.2, 0.25) is 10.0 Å². The summed E-state index contributed by atoms with van der Waals surface area (Å²) >= 11 is 0.967. The number of rotatable bonds is 5. The number of hydrogen-bond acceptors (Lipinski definition) is 5. The molecule has 8 heteroatoms. The topological polar surface area (TPSA) is 92.7 Å². The molecule has 0 bridgehead atoms. The van der Waals surface area contributed by atoms with Gasteiger partial charge in [-0.25, -0.2) is 17.9 Å². The Morgan fingerprint density at radius 3 is 2.90 bits per heavy atom. The zero-order valence-corrected chi connectivity index (χ0v) is 12.7. The van der Waals surface area contributed by atoms with Crippen molar-refractivity contribution >= 4 is 27.3 Å². The van der Waals surface area contributed by atoms with Crippen molar-refractivity contribution in [2.75, 3.05) is 19.8 Å². The first-order chi connectivity index (χ1) is 9.40. The standard InChI is InChI=1S/C12H17NO5S2/c1-8-11(5-10(19-8)12(14)15)20(16,17)13-6-9-3-2-4-18-7-9/h5,9,13H,2-4,6-7H2,1H3,(H,14,15). The molecule has 112 valence electrons. The van der Waals surface area contributed by atoms with Gasteiger partial charge in [0.1, 0.15) is 4.88 Å². The maximum Gasteiger partial charge on any atom is 0.345 e. The molecule has 0 spiro atoms. The number of carboxylic acid groups (broad SMARTS) is 1. The zero-order chi connectivity index (χ0) is 14.8. The Bertz CT molecular complexity index is 587. The lowest BCUT2D eigenvalue weighted by Gasteiger charge is -2.22. The zero-order valence-electron chi connectivity index (χ0n) is 11.1. The maximum atomic E-state index is 12.2. The molecule has 0 aromatic carbocycles. The highest BCUT2D eigenvalue weighted by atomic mass is 32.2. The molecule has 6 nitrogen and oxygen atoms in total. The van der Waals surface area contributed by atoms with Gasteiger partial charge in [-0.05, 0) is 31.7 Å². The normalized spacial score (nSPS) is 19.9. The number of ether oxygens (including phenoxy) is 1. The van der Waals surface area contributed by atoms with E-state index in [2.05, 4.69) is 4.72 Å². The van der Waals surface area contributed by atoms with Crippen LogP contribution in [-0.2, 0) is 14.8 Å². The highest BCUT2D eigenvalue weighted by Crippen LogP contribution is 2.26. The highest BCUT2D eigenvalue weighted by molar-refractivity contribution is 7.89. The molecular weight excluding hydrogens is 302 g/mol. The molecule has 0 saturated carbocycles. The van der Waals surface area contributed by atoms with Crippen molar-refractivity contribution in [3.63, 3.8) is 0 Å². The molecule has 0 radical (unpaired) electrons. The monoisotopic (exact) mass is 319 g/mol. The smallest absolute Gasteiger partial charge is 0.345 e. The molecule has 1 atom stereocenters. The largest absolute Gasteiger partial charge is 0.477 e. The fraction of sp³-hybridized carbons (Fsp3) is 0.583. The predicted molar refractivity (Wildman–Crippen MR) is 74.7 cm³/mol. The van der Waals surface area contributed by atoms with Crippen LogP contribution in [-0.4, -0.2) is 39.3 Å². The molecular formula is C12H17NO5S2. The highest BCUT2D eigenvalue weighted by Gasteiger charge is 2.23. The first-order valence-electron chi connectivity index (χ1n) is 6.31. The van der Waals surface area contributed by atoms with Crippen molar-refractivity contribution < 1.29 is 23.1 Å². The van der Waals surface area contributed by atoms with Crippen molar-refractivity contribution in [1.82, 2.24) is 4.72 Å². The molecule has 1 fully saturated rings. The van der Waals surface area contributed by atoms with Crippen LogP contribution in [0.1, 0.15) is 27.4 Å². The minimum atomic E-state index is -3.66. The third-order valence-corrected chi connectivity index (χ3v) is 5.91. The maximum absolute atomic E-state index is 12.2. The van der Waals surface area contributed by atoms with Crippen LogP contribution in [0.5, 0.6) is 0 Å². The molecule has 20 heavy (non-hydrogen) atoms. The van der Waals surface area contributed by atoms with Gasteiger partial charge < -0.3 is 9.84 Å². The van der Waals surface area contributed by atoms with Crippen LogP contribution in [0.2, 0.25) is 0 Å². The average Bonchev–Trinajstić information content (AvgIpc) is 2.81. The van der Waals surface area contributed by atoms with Crippen molar-refractivity contribution in [2.24, 2.45) is 5.92 Å². The summed E-state index contributed by atoms with van der Waals surface area (Å²) in [6.07, 6.45) is 1.87. The summed E-state index contributed by atoms with van der Waals surface area (Å²) < 4.78 is 32.2. The SMILES string of the molecule is Cc1sc(C(=O)O)cc1S(=O)(=O)NCC1CCCOC1. The number of carbonyl (C=O) groups is 1. The minimum Gasteiger partial charge on any atom is -0.477 e. The van der Waals surface area contributed by atoms with E-state index < -0.39 is 16.0 Å². The van der Waals surface area contributed by atoms with Crippen molar-refractivity contribution in [3.8, 4) is 0 Å². The molecule has 1 aromatic heterocycles. The van der Waals surface area contributed by atoms with Gasteiger partial charge >= 0.3 is 5.97 Å². The van der Waals surface area contributed by atoms with Gasteiger partial charge in [-0.2, -0.15) is 0 Å². The molecule has 1 aliphatic heterocycles. The Balaban J connectivity index is 2.07. The Morgan fingerprint density at radius 2 is 2.35 bits per heavy atom. The first-order valence-corrected chi connectivity index (χ1v) is 8.61. The lowest BCUT2D eigenvalue weighted by molar-refractivity contribution is 0.0568. The number of aryl methyl sites for hydroxylation is 1. The lowest BCUT2D eigenvalue weighted by Crippen LogP contribution is -2.33. The van der Waals surface area contributed by atoms with E-state index in [0.717, 1.165) is 30.8 Å². The first kappa shape index (κ1) is 15.4. The van der Waals surface area contributed by atoms with E-state index in [4.69, 9.17) is 9.84 Å². The summed E-state index contributed by atoms with van der Waals surface area (Å²) in [4.78, 5) is 11.4. The van der Waals surface area contributed by atoms with Gasteiger partial charge in [0.25, 0.3) is 0 Å². The molecule has 1 saturated heterocycles. The summed E-state index contributed by atoms with van der Waals surface area (Å²) in [5.41, 5.74) is 0. The Kier molecular flexibility index (Phi) is 4.79. The number of aromatic carboxylic acids is 1. The van der Waals surface area contributed by atoms with Crippen LogP contribution in [0.3, 0.4) is 0 Å². The fourth-order valence-electron chi connectivity index (χ4n) is 2.11. The minimum absolute atomic E-state index is 0.0314. The molecule has 2 N–H and O–H groups in total. The van der Waals surface area contributed by atoms with Crippen LogP contribution in [0.15, 0.2) is 11.0 Å². The van der Waals surface area contributed by atoms with Gasteiger partial charge in [0, 0.05) is 18.0 Å². The second-order valence-electron chi connectivity index (χ2n) is 4.77. The number of thiophene rings is 1. The molecule has 1 aromatic rings. The van der Waals surface area contributed by atoms with E-state index >= 15 is 0 Å². The molecule has 2 heterocycles. The summed E-state index contributed by atoms with van der Waals surface area (Å²) in [7, 11) is -3.66. The predicted octanol–water partition coefficient (Wildman–Crippen LogP) is 1.46. The van der Waals surface area contributed by atoms with E-state index in [9.17, 15) is 13.2 Å². The summed E-state index contributed by atoms with van der Waals surface area (Å²) in [5.74, 6) is -0.934. The van der Waals surface area contributed by atoms with Gasteiger partial charge in [-0.3, -0.25) is 0 Å². The number of hydrogen-bond donors (Lipinski definition) is 2. The van der Waals surface area contributed by atoms with Gasteiger partial charge in [-0.1, -0.05) is 0 Å². The van der Waals surface area contributed by atoms with Crippen molar-refractivity contribution in [3.05, 3.63) is 15.8 Å². The van der Waals surface area contributed by atoms with Crippen molar-refractivity contribution in [2.45, 2.75) is 24.7 Å². The molecule has 0 aliphatic carbocycles. The van der Waals surface area contributed by atoms with Crippen LogP contribution in [0.4, 0.5) is 0 Å². The van der Waals surface area contributed by atoms with E-state index in [0.29, 0.717) is 18.0 Å². The number of sulfonamides is 1. The molecule has 0 amide bonds. The number of nitrogens with one attached hydrogen (secondary N) is 1. The van der Waals surface area contributed by atoms with Gasteiger partial charge in [0.05, 0.1) is 11.5 Å². The van der Waals surface area contributed by atoms with Crippen LogP contribution >= 0.6 is 11.3 Å². The van der Waals surface area contributed by atoms with E-state index in [1.165, 1.54) is 6.07 Å². The third-order valence-electron chi connectivity index (χ3n) is 3.19. The van der Waals surface area contributed by atoms with Crippen molar-refractivity contribution in [1.29, 1.82) is 0 Å². The van der Waals surface area contributed by atoms with E-state index in [-0.39, 0.29) is 15.7 Å². The molecule has 1 aliphatic rings. The third kappa shape index (κ3) is 3.57. The van der Waals surface area contributed by atoms with Gasteiger partial charge in [0.15, 0.2) is 0 Å². The summed E-state index contributed by atoms with van der Waals surface area (Å²) in [5, 5.41) is 8.90. The van der Waals surface area contributed by atoms with E-state index in [1.54, 1.807) is 6.92 Å². The fourth-order valence-corrected chi connectivity index (χ4v) is 4.66. The van der Waals surface area contributed by atoms with Gasteiger partial charge in [-0.15, -0.1) is 11.3 Å². The Morgan fingerprint density at radius 1 is 1.60 bits per heavy atom. The lowest BCUT2D eigenvalue weighted by atomic mass is 10.0. The van der Waals surface area contributed by atoms with Crippen LogP contribution in [0, 0.1) is 12.8 Å². The quantitative estimate of drug-likeness (QED) is 0.857. The second kappa shape index (κ2) is 6.21. The molecule has 1 unspecified atom stereocenters. The second-order valence-corrected chi connectivity index (χ2v) is 7.76. The number of carboxylic acids is 1. The summed E-state index contributed by atoms with van der Waals surface area (Å²) in [6, 6.07) is 1.21. The van der Waals surface area contributed by atoms with Crippen LogP contribution in [0.25, 0.3) is 0 Å². The van der Waals surface area contributed by atoms with Crippen LogP contribution < -0.4 is 4.72 Å².